The van der Waals surface area contributed by atoms with Crippen LogP contribution >= 0.6 is 0 Å². The van der Waals surface area contributed by atoms with Crippen LogP contribution in [0.2, 0.25) is 0 Å². The molecule has 16 heteroatoms. The number of pyridine rings is 1. The van der Waals surface area contributed by atoms with E-state index >= 15 is 0 Å². The van der Waals surface area contributed by atoms with Crippen molar-refractivity contribution in [3.8, 4) is 0 Å². The molecule has 2 atom stereocenters. The number of aromatic nitrogens is 1. The number of hydrogen-bond donors (Lipinski definition) is 3. The lowest BCUT2D eigenvalue weighted by atomic mass is 9.96. The molecule has 1 aliphatic rings. The SMILES string of the molecule is Cc1cc(C2CC(c3cc(C(F)(F)F)cc(C(F)(F)F)n3)ON2)ccc1C(=O)NCC(=O)NCC(F)(F)F. The van der Waals surface area contributed by atoms with Gasteiger partial charge in [0.25, 0.3) is 5.91 Å². The van der Waals surface area contributed by atoms with Crippen LogP contribution < -0.4 is 16.1 Å². The molecule has 0 spiro atoms. The summed E-state index contributed by atoms with van der Waals surface area (Å²) in [5.74, 6) is -1.81. The van der Waals surface area contributed by atoms with E-state index in [0.717, 1.165) is 0 Å². The van der Waals surface area contributed by atoms with E-state index in [-0.39, 0.29) is 18.1 Å². The Balaban J connectivity index is 1.69. The fourth-order valence-corrected chi connectivity index (χ4v) is 3.56. The summed E-state index contributed by atoms with van der Waals surface area (Å²) < 4.78 is 115. The molecule has 3 rings (SSSR count). The average molecular weight is 558 g/mol. The predicted molar refractivity (Wildman–Crippen MR) is 111 cm³/mol. The van der Waals surface area contributed by atoms with Gasteiger partial charge in [-0.05, 0) is 36.2 Å². The molecular weight excluding hydrogens is 539 g/mol. The molecular formula is C22H19F9N4O3. The van der Waals surface area contributed by atoms with Crippen LogP contribution in [0.1, 0.15) is 57.0 Å². The first-order valence-electron chi connectivity index (χ1n) is 10.7. The van der Waals surface area contributed by atoms with Crippen LogP contribution in [-0.4, -0.2) is 36.1 Å². The number of alkyl halides is 9. The lowest BCUT2D eigenvalue weighted by Gasteiger charge is -2.15. The van der Waals surface area contributed by atoms with E-state index in [4.69, 9.17) is 4.84 Å². The molecule has 1 aromatic carbocycles. The minimum absolute atomic E-state index is 0.0854. The van der Waals surface area contributed by atoms with Crippen molar-refractivity contribution in [1.82, 2.24) is 21.1 Å². The molecule has 1 saturated heterocycles. The summed E-state index contributed by atoms with van der Waals surface area (Å²) in [7, 11) is 0. The summed E-state index contributed by atoms with van der Waals surface area (Å²) in [6, 6.07) is 3.99. The summed E-state index contributed by atoms with van der Waals surface area (Å²) >= 11 is 0. The van der Waals surface area contributed by atoms with Gasteiger partial charge in [-0.1, -0.05) is 12.1 Å². The van der Waals surface area contributed by atoms with Gasteiger partial charge in [-0.3, -0.25) is 14.4 Å². The third kappa shape index (κ3) is 7.56. The zero-order valence-electron chi connectivity index (χ0n) is 19.2. The standard InChI is InChI=1S/C22H19F9N4O3/c1-10-4-11(2-3-13(10)19(37)32-8-18(36)33-9-20(23,24)25)14-7-16(38-35-14)15-5-12(21(26,27)28)6-17(34-15)22(29,30)31/h2-6,14,16,35H,7-9H2,1H3,(H,32,37)(H,33,36). The zero-order chi connectivity index (χ0) is 28.5. The summed E-state index contributed by atoms with van der Waals surface area (Å²) in [6.07, 6.45) is -16.1. The quantitative estimate of drug-likeness (QED) is 0.453. The normalized spacial score (nSPS) is 18.4. The fourth-order valence-electron chi connectivity index (χ4n) is 3.56. The number of benzene rings is 1. The second kappa shape index (κ2) is 10.8. The molecule has 0 radical (unpaired) electrons. The van der Waals surface area contributed by atoms with E-state index in [1.165, 1.54) is 25.1 Å². The number of nitrogens with zero attached hydrogens (tertiary/aromatic N) is 1. The van der Waals surface area contributed by atoms with Crippen molar-refractivity contribution in [2.24, 2.45) is 0 Å². The van der Waals surface area contributed by atoms with Gasteiger partial charge in [0.1, 0.15) is 18.3 Å². The van der Waals surface area contributed by atoms with Crippen LogP contribution in [0.3, 0.4) is 0 Å². The molecule has 208 valence electrons. The molecule has 2 amide bonds. The Kier molecular flexibility index (Phi) is 8.26. The number of hydroxylamine groups is 1. The van der Waals surface area contributed by atoms with E-state index < -0.39 is 72.5 Å². The van der Waals surface area contributed by atoms with Crippen LogP contribution in [0.4, 0.5) is 39.5 Å². The topological polar surface area (TPSA) is 92.3 Å². The summed E-state index contributed by atoms with van der Waals surface area (Å²) in [4.78, 5) is 32.3. The van der Waals surface area contributed by atoms with Gasteiger partial charge in [-0.15, -0.1) is 0 Å². The Morgan fingerprint density at radius 2 is 1.68 bits per heavy atom. The van der Waals surface area contributed by atoms with Gasteiger partial charge >= 0.3 is 18.5 Å². The lowest BCUT2D eigenvalue weighted by Crippen LogP contribution is -2.41. The van der Waals surface area contributed by atoms with E-state index in [1.54, 1.807) is 5.32 Å². The Bertz CT molecular complexity index is 1160. The number of nitrogens with one attached hydrogen (secondary N) is 3. The van der Waals surface area contributed by atoms with Gasteiger partial charge in [0.15, 0.2) is 0 Å². The predicted octanol–water partition coefficient (Wildman–Crippen LogP) is 4.54. The van der Waals surface area contributed by atoms with Crippen molar-refractivity contribution in [3.63, 3.8) is 0 Å². The van der Waals surface area contributed by atoms with Crippen molar-refractivity contribution in [2.45, 2.75) is 44.0 Å². The first kappa shape index (κ1) is 29.2. The van der Waals surface area contributed by atoms with Crippen molar-refractivity contribution in [2.75, 3.05) is 13.1 Å². The van der Waals surface area contributed by atoms with Crippen LogP contribution in [0.5, 0.6) is 0 Å². The monoisotopic (exact) mass is 558 g/mol. The highest BCUT2D eigenvalue weighted by Crippen LogP contribution is 2.39. The molecule has 1 aliphatic heterocycles. The Labute approximate surface area is 208 Å². The van der Waals surface area contributed by atoms with Crippen LogP contribution in [0.25, 0.3) is 0 Å². The van der Waals surface area contributed by atoms with Crippen LogP contribution in [0.15, 0.2) is 30.3 Å². The number of hydrogen-bond acceptors (Lipinski definition) is 5. The van der Waals surface area contributed by atoms with Gasteiger partial charge < -0.3 is 10.6 Å². The summed E-state index contributed by atoms with van der Waals surface area (Å²) in [5, 5.41) is 3.78. The van der Waals surface area contributed by atoms with Crippen molar-refractivity contribution >= 4 is 11.8 Å². The van der Waals surface area contributed by atoms with Crippen LogP contribution in [-0.2, 0) is 22.0 Å². The second-order valence-electron chi connectivity index (χ2n) is 8.32. The van der Waals surface area contributed by atoms with E-state index in [9.17, 15) is 49.1 Å². The van der Waals surface area contributed by atoms with E-state index in [1.807, 2.05) is 0 Å². The third-order valence-corrected chi connectivity index (χ3v) is 5.39. The first-order valence-corrected chi connectivity index (χ1v) is 10.7. The Morgan fingerprint density at radius 1 is 1.00 bits per heavy atom. The van der Waals surface area contributed by atoms with Crippen molar-refractivity contribution in [3.05, 3.63) is 64.0 Å². The van der Waals surface area contributed by atoms with Gasteiger partial charge in [0.05, 0.1) is 23.8 Å². The minimum Gasteiger partial charge on any atom is -0.345 e. The lowest BCUT2D eigenvalue weighted by molar-refractivity contribution is -0.146. The maximum Gasteiger partial charge on any atom is 0.433 e. The smallest absolute Gasteiger partial charge is 0.345 e. The van der Waals surface area contributed by atoms with E-state index in [2.05, 4.69) is 15.8 Å². The number of halogens is 9. The highest BCUT2D eigenvalue weighted by molar-refractivity contribution is 5.97. The Morgan fingerprint density at radius 3 is 2.26 bits per heavy atom. The third-order valence-electron chi connectivity index (χ3n) is 5.39. The van der Waals surface area contributed by atoms with Gasteiger partial charge in [-0.25, -0.2) is 4.98 Å². The van der Waals surface area contributed by atoms with Gasteiger partial charge in [-0.2, -0.15) is 45.0 Å². The molecule has 1 fully saturated rings. The molecule has 7 nitrogen and oxygen atoms in total. The summed E-state index contributed by atoms with van der Waals surface area (Å²) in [5.41, 5.74) is -0.344. The molecule has 1 aromatic heterocycles. The van der Waals surface area contributed by atoms with Crippen LogP contribution in [0, 0.1) is 6.92 Å². The first-order chi connectivity index (χ1) is 17.4. The molecule has 0 bridgehead atoms. The summed E-state index contributed by atoms with van der Waals surface area (Å²) in [6.45, 7) is -0.750. The van der Waals surface area contributed by atoms with E-state index in [0.29, 0.717) is 17.2 Å². The molecule has 2 aromatic rings. The van der Waals surface area contributed by atoms with Crippen molar-refractivity contribution < 1.29 is 53.9 Å². The minimum atomic E-state index is -5.12. The molecule has 0 saturated carbocycles. The number of aryl methyl sites for hydroxylation is 1. The highest BCUT2D eigenvalue weighted by Gasteiger charge is 2.40. The number of carbonyl (C=O) groups excluding carboxylic acids is 2. The number of carbonyl (C=O) groups is 2. The van der Waals surface area contributed by atoms with Crippen molar-refractivity contribution in [1.29, 1.82) is 0 Å². The molecule has 3 N–H and O–H groups in total. The second-order valence-corrected chi connectivity index (χ2v) is 8.32. The Hall–Kier alpha value is -3.40. The fraction of sp³-hybridized carbons (Fsp3) is 0.409. The largest absolute Gasteiger partial charge is 0.433 e. The average Bonchev–Trinajstić information content (AvgIpc) is 3.29. The molecule has 2 heterocycles. The van der Waals surface area contributed by atoms with Gasteiger partial charge in [0, 0.05) is 12.0 Å². The maximum absolute atomic E-state index is 13.1. The number of rotatable bonds is 6. The zero-order valence-corrected chi connectivity index (χ0v) is 19.2. The highest BCUT2D eigenvalue weighted by atomic mass is 19.4. The molecule has 38 heavy (non-hydrogen) atoms. The molecule has 0 aliphatic carbocycles. The molecule has 2 unspecified atom stereocenters. The number of amides is 2. The van der Waals surface area contributed by atoms with Gasteiger partial charge in [0.2, 0.25) is 5.91 Å². The maximum atomic E-state index is 13.1.